The first-order valence-electron chi connectivity index (χ1n) is 8.64. The fourth-order valence-electron chi connectivity index (χ4n) is 3.31. The number of nitrogens with zero attached hydrogens (tertiary/aromatic N) is 1. The Bertz CT molecular complexity index is 547. The van der Waals surface area contributed by atoms with Crippen LogP contribution in [0.5, 0.6) is 0 Å². The van der Waals surface area contributed by atoms with Crippen molar-refractivity contribution in [3.8, 4) is 0 Å². The average Bonchev–Trinajstić information content (AvgIpc) is 2.60. The number of thioether (sulfide) groups is 1. The Balaban J connectivity index is 0.00000156. The molecule has 1 aromatic rings. The molecule has 1 amide bonds. The molecule has 3 rings (SSSR count). The van der Waals surface area contributed by atoms with Gasteiger partial charge in [0.15, 0.2) is 0 Å². The third-order valence-corrected chi connectivity index (χ3v) is 5.85. The Labute approximate surface area is 167 Å². The fourth-order valence-corrected chi connectivity index (χ4v) is 4.29. The SMILES string of the molecule is Cc1c(CN2CCSCC2)cccc1NC(=O)C1CCNCC1.Cl.Cl. The van der Waals surface area contributed by atoms with Gasteiger partial charge < -0.3 is 10.6 Å². The summed E-state index contributed by atoms with van der Waals surface area (Å²) in [6.45, 7) is 7.34. The Hall–Kier alpha value is -0.460. The average molecular weight is 406 g/mol. The number of hydrogen-bond acceptors (Lipinski definition) is 4. The van der Waals surface area contributed by atoms with Crippen molar-refractivity contribution < 1.29 is 4.79 Å². The highest BCUT2D eigenvalue weighted by Crippen LogP contribution is 2.23. The lowest BCUT2D eigenvalue weighted by molar-refractivity contribution is -0.120. The van der Waals surface area contributed by atoms with E-state index in [9.17, 15) is 4.79 Å². The third-order valence-electron chi connectivity index (χ3n) is 4.91. The number of piperidine rings is 1. The lowest BCUT2D eigenvalue weighted by Gasteiger charge is -2.27. The largest absolute Gasteiger partial charge is 0.326 e. The van der Waals surface area contributed by atoms with E-state index >= 15 is 0 Å². The number of amides is 1. The first-order valence-corrected chi connectivity index (χ1v) is 9.79. The fraction of sp³-hybridized carbons (Fsp3) is 0.611. The Morgan fingerprint density at radius 1 is 1.24 bits per heavy atom. The van der Waals surface area contributed by atoms with E-state index in [0.29, 0.717) is 0 Å². The lowest BCUT2D eigenvalue weighted by atomic mass is 9.96. The molecular formula is C18H29Cl2N3OS. The first kappa shape index (κ1) is 22.6. The molecule has 2 N–H and O–H groups in total. The Kier molecular flexibility index (Phi) is 10.2. The monoisotopic (exact) mass is 405 g/mol. The summed E-state index contributed by atoms with van der Waals surface area (Å²) < 4.78 is 0. The zero-order valence-corrected chi connectivity index (χ0v) is 17.2. The summed E-state index contributed by atoms with van der Waals surface area (Å²) in [6, 6.07) is 6.29. The second kappa shape index (κ2) is 11.3. The molecule has 2 aliphatic rings. The van der Waals surface area contributed by atoms with Crippen molar-refractivity contribution >= 4 is 48.2 Å². The molecule has 0 unspecified atom stereocenters. The number of anilines is 1. The van der Waals surface area contributed by atoms with Gasteiger partial charge in [0.25, 0.3) is 0 Å². The molecule has 0 spiro atoms. The van der Waals surface area contributed by atoms with Crippen LogP contribution in [0.1, 0.15) is 24.0 Å². The number of halogens is 2. The summed E-state index contributed by atoms with van der Waals surface area (Å²) >= 11 is 2.04. The van der Waals surface area contributed by atoms with E-state index < -0.39 is 0 Å². The first-order chi connectivity index (χ1) is 11.2. The van der Waals surface area contributed by atoms with Gasteiger partial charge in [0.1, 0.15) is 0 Å². The van der Waals surface area contributed by atoms with Crippen molar-refractivity contribution in [2.45, 2.75) is 26.3 Å². The van der Waals surface area contributed by atoms with Gasteiger partial charge in [0.2, 0.25) is 5.91 Å². The minimum Gasteiger partial charge on any atom is -0.326 e. The molecule has 0 aromatic heterocycles. The normalized spacial score (nSPS) is 18.8. The Morgan fingerprint density at radius 2 is 1.92 bits per heavy atom. The van der Waals surface area contributed by atoms with E-state index in [0.717, 1.165) is 51.3 Å². The molecule has 0 bridgehead atoms. The molecule has 0 radical (unpaired) electrons. The number of benzene rings is 1. The minimum atomic E-state index is 0. The van der Waals surface area contributed by atoms with Gasteiger partial charge in [-0.3, -0.25) is 9.69 Å². The van der Waals surface area contributed by atoms with Crippen LogP contribution in [0.2, 0.25) is 0 Å². The number of carbonyl (C=O) groups excluding carboxylic acids is 1. The predicted octanol–water partition coefficient (Wildman–Crippen LogP) is 3.33. The van der Waals surface area contributed by atoms with Crippen LogP contribution in [-0.2, 0) is 11.3 Å². The van der Waals surface area contributed by atoms with Crippen LogP contribution in [0.25, 0.3) is 0 Å². The molecule has 0 saturated carbocycles. The summed E-state index contributed by atoms with van der Waals surface area (Å²) in [7, 11) is 0. The quantitative estimate of drug-likeness (QED) is 0.805. The van der Waals surface area contributed by atoms with Crippen molar-refractivity contribution in [1.82, 2.24) is 10.2 Å². The number of hydrogen-bond donors (Lipinski definition) is 2. The highest BCUT2D eigenvalue weighted by Gasteiger charge is 2.21. The topological polar surface area (TPSA) is 44.4 Å². The van der Waals surface area contributed by atoms with Gasteiger partial charge in [0, 0.05) is 42.7 Å². The second-order valence-electron chi connectivity index (χ2n) is 6.49. The molecule has 7 heteroatoms. The molecular weight excluding hydrogens is 377 g/mol. The van der Waals surface area contributed by atoms with Crippen LogP contribution in [0.3, 0.4) is 0 Å². The van der Waals surface area contributed by atoms with Crippen LogP contribution in [-0.4, -0.2) is 48.5 Å². The predicted molar refractivity (Wildman–Crippen MR) is 113 cm³/mol. The number of nitrogens with one attached hydrogen (secondary N) is 2. The van der Waals surface area contributed by atoms with Gasteiger partial charge in [-0.25, -0.2) is 0 Å². The van der Waals surface area contributed by atoms with Crippen LogP contribution in [0.4, 0.5) is 5.69 Å². The molecule has 2 heterocycles. The summed E-state index contributed by atoms with van der Waals surface area (Å²) in [4.78, 5) is 15.0. The van der Waals surface area contributed by atoms with Gasteiger partial charge in [-0.2, -0.15) is 11.8 Å². The van der Waals surface area contributed by atoms with Crippen LogP contribution in [0.15, 0.2) is 18.2 Å². The number of rotatable bonds is 4. The molecule has 4 nitrogen and oxygen atoms in total. The molecule has 0 aliphatic carbocycles. The molecule has 2 fully saturated rings. The van der Waals surface area contributed by atoms with Crippen LogP contribution < -0.4 is 10.6 Å². The minimum absolute atomic E-state index is 0. The zero-order chi connectivity index (χ0) is 16.1. The molecule has 2 saturated heterocycles. The summed E-state index contributed by atoms with van der Waals surface area (Å²) in [6.07, 6.45) is 1.88. The van der Waals surface area contributed by atoms with Crippen molar-refractivity contribution in [3.63, 3.8) is 0 Å². The highest BCUT2D eigenvalue weighted by atomic mass is 35.5. The van der Waals surface area contributed by atoms with Gasteiger partial charge in [-0.15, -0.1) is 24.8 Å². The van der Waals surface area contributed by atoms with Crippen molar-refractivity contribution in [3.05, 3.63) is 29.3 Å². The molecule has 0 atom stereocenters. The Morgan fingerprint density at radius 3 is 2.60 bits per heavy atom. The molecule has 1 aromatic carbocycles. The maximum atomic E-state index is 12.5. The third kappa shape index (κ3) is 6.33. The molecule has 25 heavy (non-hydrogen) atoms. The van der Waals surface area contributed by atoms with Gasteiger partial charge in [-0.05, 0) is 50.0 Å². The van der Waals surface area contributed by atoms with Crippen molar-refractivity contribution in [2.75, 3.05) is 43.0 Å². The standard InChI is InChI=1S/C18H27N3OS.2ClH/c1-14-16(13-21-9-11-23-12-10-21)3-2-4-17(14)20-18(22)15-5-7-19-8-6-15;;/h2-4,15,19H,5-13H2,1H3,(H,20,22);2*1H. The van der Waals surface area contributed by atoms with Gasteiger partial charge in [-0.1, -0.05) is 12.1 Å². The van der Waals surface area contributed by atoms with E-state index in [1.165, 1.54) is 22.6 Å². The van der Waals surface area contributed by atoms with E-state index in [1.54, 1.807) is 0 Å². The van der Waals surface area contributed by atoms with E-state index in [-0.39, 0.29) is 36.6 Å². The van der Waals surface area contributed by atoms with E-state index in [1.807, 2.05) is 17.8 Å². The molecule has 2 aliphatic heterocycles. The summed E-state index contributed by atoms with van der Waals surface area (Å²) in [5.41, 5.74) is 3.53. The maximum Gasteiger partial charge on any atom is 0.227 e. The van der Waals surface area contributed by atoms with Gasteiger partial charge >= 0.3 is 0 Å². The van der Waals surface area contributed by atoms with Crippen LogP contribution >= 0.6 is 36.6 Å². The summed E-state index contributed by atoms with van der Waals surface area (Å²) in [5, 5.41) is 6.48. The van der Waals surface area contributed by atoms with E-state index in [4.69, 9.17) is 0 Å². The van der Waals surface area contributed by atoms with Crippen LogP contribution in [0, 0.1) is 12.8 Å². The van der Waals surface area contributed by atoms with Crippen molar-refractivity contribution in [1.29, 1.82) is 0 Å². The summed E-state index contributed by atoms with van der Waals surface area (Å²) in [5.74, 6) is 2.79. The second-order valence-corrected chi connectivity index (χ2v) is 7.72. The molecule has 142 valence electrons. The van der Waals surface area contributed by atoms with Gasteiger partial charge in [0.05, 0.1) is 0 Å². The highest BCUT2D eigenvalue weighted by molar-refractivity contribution is 7.99. The maximum absolute atomic E-state index is 12.5. The van der Waals surface area contributed by atoms with E-state index in [2.05, 4.69) is 34.6 Å². The smallest absolute Gasteiger partial charge is 0.227 e. The zero-order valence-electron chi connectivity index (χ0n) is 14.8. The number of carbonyl (C=O) groups is 1. The van der Waals surface area contributed by atoms with Crippen molar-refractivity contribution in [2.24, 2.45) is 5.92 Å². The lowest BCUT2D eigenvalue weighted by Crippen LogP contribution is -2.35.